The number of aliphatic imine (C=N–C) groups is 1. The molecule has 28 heteroatoms. The second-order valence-electron chi connectivity index (χ2n) is 22.7. The number of esters is 1. The third-order valence-electron chi connectivity index (χ3n) is 16.1. The third kappa shape index (κ3) is 15.7. The Morgan fingerprint density at radius 3 is 2.05 bits per heavy atom. The smallest absolute Gasteiger partial charge is 0.340 e. The lowest BCUT2D eigenvalue weighted by Gasteiger charge is -2.39. The topological polar surface area (TPSA) is 285 Å². The normalized spacial score (nSPS) is 16.5. The number of aromatic nitrogens is 7. The van der Waals surface area contributed by atoms with Gasteiger partial charge in [-0.3, -0.25) is 38.2 Å². The number of rotatable bonds is 31. The molecule has 0 radical (unpaired) electrons. The molecule has 7 aromatic rings. The number of ether oxygens (including phenoxy) is 6. The Labute approximate surface area is 533 Å². The number of nitrogens with zero attached hydrogens (tertiary/aromatic N) is 9. The van der Waals surface area contributed by atoms with Gasteiger partial charge >= 0.3 is 11.9 Å². The van der Waals surface area contributed by atoms with Crippen molar-refractivity contribution >= 4 is 86.0 Å². The molecule has 0 aliphatic carbocycles. The van der Waals surface area contributed by atoms with Gasteiger partial charge in [0.1, 0.15) is 54.4 Å². The van der Waals surface area contributed by atoms with Crippen molar-refractivity contribution in [1.82, 2.24) is 60.3 Å². The average Bonchev–Trinajstić information content (AvgIpc) is 1.61. The van der Waals surface area contributed by atoms with Crippen LogP contribution in [0, 0.1) is 26.6 Å². The fraction of sp³-hybridized carbons (Fsp3) is 0.476. The van der Waals surface area contributed by atoms with Crippen LogP contribution in [0.15, 0.2) is 65.8 Å². The van der Waals surface area contributed by atoms with E-state index in [9.17, 15) is 28.8 Å². The van der Waals surface area contributed by atoms with Crippen LogP contribution in [0.4, 0.5) is 4.39 Å². The number of amides is 5. The third-order valence-corrected chi connectivity index (χ3v) is 17.5. The van der Waals surface area contributed by atoms with Crippen molar-refractivity contribution in [3.8, 4) is 16.1 Å². The molecule has 484 valence electrons. The Morgan fingerprint density at radius 2 is 1.38 bits per heavy atom. The number of aryl methyl sites for hydroxylation is 2. The number of benzene rings is 3. The molecule has 1 saturated heterocycles. The molecule has 0 saturated carbocycles. The van der Waals surface area contributed by atoms with Crippen molar-refractivity contribution in [2.24, 2.45) is 4.99 Å². The molecule has 4 aliphatic heterocycles. The standard InChI is InChI=1S/C63H75ClFN13O12S/c1-38(2)90-57(84)36-69-54(81)35-68-55(82)37-75-50-8-6-7-46-47-32-51-44(31-48(47)65)34-70-77(51)78(19-15-43(16-20-78)61(74-75)59(46)50)56(83)14-13-52(79)66-17-21-85-23-25-87-27-29-89-30-28-88-26-24-86-22-18-67-53(80)33-49-62-73-72-41(5)76(62)63-58(39(3)40(4)91-63)60(71-49)42-9-11-45(64)12-10-42/h6-12,31-32,34,38,43,49H,13-30,33,35-37H2,1-5H3,(H3-,66,67,68,69,79,80,81,82)/p+1/t43?,49-,78?/m0/s1. The summed E-state index contributed by atoms with van der Waals surface area (Å²) in [6.45, 7) is 13.1. The molecule has 3 aromatic carbocycles. The zero-order valence-corrected chi connectivity index (χ0v) is 53.2. The number of hydrogen-bond acceptors (Lipinski definition) is 18. The van der Waals surface area contributed by atoms with E-state index in [4.69, 9.17) is 50.1 Å². The van der Waals surface area contributed by atoms with Gasteiger partial charge in [-0.15, -0.1) is 31.2 Å². The van der Waals surface area contributed by atoms with Gasteiger partial charge < -0.3 is 49.7 Å². The summed E-state index contributed by atoms with van der Waals surface area (Å²) < 4.78 is 52.8. The summed E-state index contributed by atoms with van der Waals surface area (Å²) in [5.74, 6) is -1.72. The Kier molecular flexibility index (Phi) is 22.1. The number of fused-ring (bicyclic) bond motifs is 5. The van der Waals surface area contributed by atoms with Crippen LogP contribution in [0.25, 0.3) is 37.9 Å². The zero-order chi connectivity index (χ0) is 64.2. The highest BCUT2D eigenvalue weighted by Crippen LogP contribution is 2.43. The summed E-state index contributed by atoms with van der Waals surface area (Å²) in [5.41, 5.74) is 6.47. The summed E-state index contributed by atoms with van der Waals surface area (Å²) in [6, 6.07) is 15.5. The second kappa shape index (κ2) is 30.5. The van der Waals surface area contributed by atoms with Gasteiger partial charge in [0, 0.05) is 75.6 Å². The quantitative estimate of drug-likeness (QED) is 0.0236. The summed E-state index contributed by atoms with van der Waals surface area (Å²) in [5, 5.41) is 32.1. The lowest BCUT2D eigenvalue weighted by Crippen LogP contribution is -2.65. The number of carbonyl (C=O) groups excluding carboxylic acids is 6. The minimum atomic E-state index is -0.597. The number of quaternary nitrogens is 1. The molecule has 1 atom stereocenters. The van der Waals surface area contributed by atoms with E-state index >= 15 is 4.39 Å². The van der Waals surface area contributed by atoms with E-state index in [2.05, 4.69) is 50.4 Å². The first-order valence-corrected chi connectivity index (χ1v) is 31.8. The van der Waals surface area contributed by atoms with E-state index in [0.29, 0.717) is 136 Å². The molecule has 25 nitrogen and oxygen atoms in total. The minimum Gasteiger partial charge on any atom is -0.462 e. The maximum absolute atomic E-state index is 16.2. The molecule has 8 heterocycles. The van der Waals surface area contributed by atoms with Gasteiger partial charge in [0.15, 0.2) is 5.82 Å². The number of thiophene rings is 1. The van der Waals surface area contributed by atoms with Gasteiger partial charge in [-0.1, -0.05) is 40.7 Å². The molecule has 4 bridgehead atoms. The van der Waals surface area contributed by atoms with Gasteiger partial charge in [-0.2, -0.15) is 5.10 Å². The average molecular weight is 1290 g/mol. The lowest BCUT2D eigenvalue weighted by molar-refractivity contribution is -0.147. The largest absolute Gasteiger partial charge is 0.462 e. The van der Waals surface area contributed by atoms with Crippen LogP contribution in [0.5, 0.6) is 0 Å². The van der Waals surface area contributed by atoms with Crippen molar-refractivity contribution in [3.63, 3.8) is 0 Å². The number of nitrogens with one attached hydrogen (secondary N) is 4. The molecule has 0 spiro atoms. The van der Waals surface area contributed by atoms with E-state index in [0.717, 1.165) is 33.2 Å². The fourth-order valence-electron chi connectivity index (χ4n) is 11.6. The van der Waals surface area contributed by atoms with E-state index < -0.39 is 29.6 Å². The van der Waals surface area contributed by atoms with Crippen LogP contribution < -0.4 is 25.9 Å². The fourth-order valence-corrected chi connectivity index (χ4v) is 12.9. The lowest BCUT2D eigenvalue weighted by atomic mass is 9.88. The summed E-state index contributed by atoms with van der Waals surface area (Å²) in [7, 11) is 0. The Balaban J connectivity index is 0.586. The van der Waals surface area contributed by atoms with E-state index in [1.165, 1.54) is 10.9 Å². The molecule has 1 fully saturated rings. The zero-order valence-electron chi connectivity index (χ0n) is 51.6. The van der Waals surface area contributed by atoms with E-state index in [-0.39, 0.29) is 91.9 Å². The molecule has 5 amide bonds. The highest BCUT2D eigenvalue weighted by atomic mass is 35.5. The Hall–Kier alpha value is -7.89. The van der Waals surface area contributed by atoms with Crippen LogP contribution in [-0.4, -0.2) is 187 Å². The summed E-state index contributed by atoms with van der Waals surface area (Å²) in [4.78, 5) is 86.5. The molecule has 0 unspecified atom stereocenters. The highest BCUT2D eigenvalue weighted by molar-refractivity contribution is 7.15. The van der Waals surface area contributed by atoms with Gasteiger partial charge in [-0.05, 0) is 76.1 Å². The Morgan fingerprint density at radius 1 is 0.736 bits per heavy atom. The van der Waals surface area contributed by atoms with Gasteiger partial charge in [-0.25, -0.2) is 9.18 Å². The second-order valence-corrected chi connectivity index (χ2v) is 24.3. The van der Waals surface area contributed by atoms with Crippen LogP contribution in [0.2, 0.25) is 5.02 Å². The first-order chi connectivity index (χ1) is 44.0. The predicted octanol–water partition coefficient (Wildman–Crippen LogP) is 5.53. The SMILES string of the molecule is Cc1sc2c(c1C)C(c1ccc(Cl)cc1)=N[C@@H](CC(=O)NCCOCCOCCOCCOCCOCCNC(=O)CCC(=O)[N+]13CCC(CC1)c1nn(CC(=O)NCC(=O)NCC(=O)OC(C)C)c4cccc(c14)-c1cc4c(cnn43)cc1F)c1nnc(C)n1-2. The van der Waals surface area contributed by atoms with Crippen molar-refractivity contribution in [2.75, 3.05) is 105 Å². The number of hydrogen-bond donors (Lipinski definition) is 4. The van der Waals surface area contributed by atoms with Gasteiger partial charge in [0.05, 0.1) is 115 Å². The highest BCUT2D eigenvalue weighted by Gasteiger charge is 2.46. The summed E-state index contributed by atoms with van der Waals surface area (Å²) >= 11 is 7.90. The molecular formula is C63H76ClFN13O12S+. The van der Waals surface area contributed by atoms with Gasteiger partial charge in [0.25, 0.3) is 0 Å². The number of carbonyl (C=O) groups is 6. The molecule has 4 N–H and O–H groups in total. The Bertz CT molecular complexity index is 3820. The van der Waals surface area contributed by atoms with Crippen molar-refractivity contribution < 1.29 is 61.6 Å². The van der Waals surface area contributed by atoms with E-state index in [1.54, 1.807) is 53.0 Å². The van der Waals surface area contributed by atoms with Crippen molar-refractivity contribution in [1.29, 1.82) is 0 Å². The van der Waals surface area contributed by atoms with Crippen LogP contribution in [0.3, 0.4) is 0 Å². The summed E-state index contributed by atoms with van der Waals surface area (Å²) in [6.07, 6.45) is 2.15. The predicted molar refractivity (Wildman–Crippen MR) is 337 cm³/mol. The molecule has 4 aliphatic rings. The van der Waals surface area contributed by atoms with E-state index in [1.807, 2.05) is 47.9 Å². The van der Waals surface area contributed by atoms with Crippen LogP contribution in [-0.2, 0) is 63.7 Å². The molecule has 11 rings (SSSR count). The first-order valence-electron chi connectivity index (χ1n) is 30.6. The van der Waals surface area contributed by atoms with Crippen LogP contribution >= 0.6 is 22.9 Å². The van der Waals surface area contributed by atoms with Gasteiger partial charge in [0.2, 0.25) is 23.6 Å². The molecular weight excluding hydrogens is 1220 g/mol. The van der Waals surface area contributed by atoms with Crippen LogP contribution in [0.1, 0.15) is 96.8 Å². The maximum atomic E-state index is 16.2. The molecule has 4 aromatic heterocycles. The first kappa shape index (κ1) is 66.0. The number of piperidine rings is 1. The number of halogens is 2. The minimum absolute atomic E-state index is 0.0631. The van der Waals surface area contributed by atoms with Crippen molar-refractivity contribution in [2.45, 2.75) is 91.3 Å². The maximum Gasteiger partial charge on any atom is 0.340 e. The van der Waals surface area contributed by atoms with Crippen molar-refractivity contribution in [3.05, 3.63) is 111 Å². The monoisotopic (exact) mass is 1290 g/mol. The molecule has 91 heavy (non-hydrogen) atoms.